The molecule has 2 aliphatic heterocycles. The Morgan fingerprint density at radius 1 is 1.03 bits per heavy atom. The molecule has 0 spiro atoms. The monoisotopic (exact) mass is 410 g/mol. The summed E-state index contributed by atoms with van der Waals surface area (Å²) in [5, 5.41) is 1.45. The minimum absolute atomic E-state index is 0.0695. The van der Waals surface area contributed by atoms with E-state index in [0.717, 1.165) is 11.1 Å². The molecule has 0 radical (unpaired) electrons. The number of nitrogens with zero attached hydrogens (tertiary/aromatic N) is 1. The van der Waals surface area contributed by atoms with Crippen molar-refractivity contribution in [3.63, 3.8) is 0 Å². The molecule has 0 aliphatic carbocycles. The summed E-state index contributed by atoms with van der Waals surface area (Å²) >= 11 is 0. The lowest BCUT2D eigenvalue weighted by molar-refractivity contribution is 0.0994. The lowest BCUT2D eigenvalue weighted by atomic mass is 10.0. The summed E-state index contributed by atoms with van der Waals surface area (Å²) in [6, 6.07) is 13.4. The molecule has 0 atom stereocenters. The summed E-state index contributed by atoms with van der Waals surface area (Å²) in [5.74, 6) is 0.863. The largest absolute Gasteiger partial charge is 0.486 e. The van der Waals surface area contributed by atoms with Crippen molar-refractivity contribution >= 4 is 38.1 Å². The van der Waals surface area contributed by atoms with Crippen molar-refractivity contribution in [2.75, 3.05) is 29.4 Å². The van der Waals surface area contributed by atoms with Crippen LogP contribution in [0.4, 0.5) is 11.4 Å². The lowest BCUT2D eigenvalue weighted by Crippen LogP contribution is -2.25. The summed E-state index contributed by atoms with van der Waals surface area (Å²) in [6.45, 7) is 3.27. The Labute approximate surface area is 167 Å². The Bertz CT molecular complexity index is 1270. The molecule has 3 aromatic carbocycles. The third-order valence-electron chi connectivity index (χ3n) is 5.17. The first kappa shape index (κ1) is 17.8. The molecule has 0 unspecified atom stereocenters. The second-order valence-corrected chi connectivity index (χ2v) is 8.50. The van der Waals surface area contributed by atoms with E-state index in [9.17, 15) is 13.2 Å². The molecule has 0 saturated carbocycles. The summed E-state index contributed by atoms with van der Waals surface area (Å²) in [4.78, 5) is 14.4. The van der Waals surface area contributed by atoms with Gasteiger partial charge in [-0.15, -0.1) is 0 Å². The maximum atomic E-state index is 13.0. The fraction of sp³-hybridized carbons (Fsp3) is 0.190. The number of carbonyl (C=O) groups is 1. The van der Waals surface area contributed by atoms with E-state index in [2.05, 4.69) is 4.72 Å². The number of hydrogen-bond donors (Lipinski definition) is 1. The minimum atomic E-state index is -3.86. The molecule has 3 aromatic rings. The second-order valence-electron chi connectivity index (χ2n) is 6.82. The molecule has 5 rings (SSSR count). The predicted molar refractivity (Wildman–Crippen MR) is 110 cm³/mol. The fourth-order valence-corrected chi connectivity index (χ4v) is 4.94. The van der Waals surface area contributed by atoms with Crippen LogP contribution < -0.4 is 19.1 Å². The lowest BCUT2D eigenvalue weighted by Gasteiger charge is -2.19. The van der Waals surface area contributed by atoms with Gasteiger partial charge >= 0.3 is 0 Å². The Morgan fingerprint density at radius 2 is 1.83 bits per heavy atom. The summed E-state index contributed by atoms with van der Waals surface area (Å²) < 4.78 is 39.6. The molecule has 2 heterocycles. The van der Waals surface area contributed by atoms with Crippen molar-refractivity contribution in [3.05, 3.63) is 54.1 Å². The van der Waals surface area contributed by atoms with Crippen LogP contribution in [0.3, 0.4) is 0 Å². The average molecular weight is 410 g/mol. The Balaban J connectivity index is 1.58. The molecule has 0 aromatic heterocycles. The van der Waals surface area contributed by atoms with Gasteiger partial charge in [-0.1, -0.05) is 12.1 Å². The van der Waals surface area contributed by atoms with Crippen LogP contribution in [-0.4, -0.2) is 34.1 Å². The van der Waals surface area contributed by atoms with Gasteiger partial charge in [-0.3, -0.25) is 9.52 Å². The number of ether oxygens (including phenoxy) is 2. The minimum Gasteiger partial charge on any atom is -0.486 e. The number of anilines is 2. The molecule has 29 heavy (non-hydrogen) atoms. The second kappa shape index (κ2) is 6.38. The van der Waals surface area contributed by atoms with Gasteiger partial charge in [0.05, 0.1) is 16.3 Å². The molecule has 1 amide bonds. The van der Waals surface area contributed by atoms with E-state index in [-0.39, 0.29) is 10.8 Å². The number of amides is 1. The highest BCUT2D eigenvalue weighted by Gasteiger charge is 2.30. The van der Waals surface area contributed by atoms with Gasteiger partial charge in [-0.05, 0) is 37.3 Å². The molecular weight excluding hydrogens is 392 g/mol. The van der Waals surface area contributed by atoms with Gasteiger partial charge in [-0.25, -0.2) is 8.42 Å². The number of fused-ring (bicyclic) bond motifs is 1. The SMILES string of the molecule is CCN1C(=O)c2cccc3c(NS(=O)(=O)c4ccc5c(c4)OCCO5)ccc1c23. The molecule has 7 nitrogen and oxygen atoms in total. The van der Waals surface area contributed by atoms with Gasteiger partial charge in [0, 0.05) is 28.9 Å². The van der Waals surface area contributed by atoms with Crippen molar-refractivity contribution in [1.29, 1.82) is 0 Å². The highest BCUT2D eigenvalue weighted by molar-refractivity contribution is 7.92. The number of hydrogen-bond acceptors (Lipinski definition) is 5. The highest BCUT2D eigenvalue weighted by atomic mass is 32.2. The van der Waals surface area contributed by atoms with Crippen LogP contribution in [0.5, 0.6) is 11.5 Å². The van der Waals surface area contributed by atoms with Crippen molar-refractivity contribution in [2.45, 2.75) is 11.8 Å². The molecule has 0 bridgehead atoms. The Kier molecular flexibility index (Phi) is 3.92. The number of carbonyl (C=O) groups excluding carboxylic acids is 1. The zero-order valence-corrected chi connectivity index (χ0v) is 16.5. The van der Waals surface area contributed by atoms with Gasteiger partial charge in [0.2, 0.25) is 0 Å². The molecule has 148 valence electrons. The third kappa shape index (κ3) is 2.71. The first-order valence-electron chi connectivity index (χ1n) is 9.29. The van der Waals surface area contributed by atoms with Gasteiger partial charge < -0.3 is 14.4 Å². The average Bonchev–Trinajstić information content (AvgIpc) is 3.02. The quantitative estimate of drug-likeness (QED) is 0.713. The maximum Gasteiger partial charge on any atom is 0.262 e. The van der Waals surface area contributed by atoms with Gasteiger partial charge in [0.15, 0.2) is 11.5 Å². The van der Waals surface area contributed by atoms with E-state index in [1.165, 1.54) is 12.1 Å². The predicted octanol–water partition coefficient (Wildman–Crippen LogP) is 3.39. The van der Waals surface area contributed by atoms with Crippen LogP contribution in [0.25, 0.3) is 10.8 Å². The van der Waals surface area contributed by atoms with Crippen LogP contribution in [0, 0.1) is 0 Å². The summed E-state index contributed by atoms with van der Waals surface area (Å²) in [5.41, 5.74) is 1.80. The first-order chi connectivity index (χ1) is 14.0. The van der Waals surface area contributed by atoms with Crippen LogP contribution >= 0.6 is 0 Å². The summed E-state index contributed by atoms with van der Waals surface area (Å²) in [7, 11) is -3.86. The van der Waals surface area contributed by atoms with Gasteiger partial charge in [-0.2, -0.15) is 0 Å². The maximum absolute atomic E-state index is 13.0. The number of rotatable bonds is 4. The smallest absolute Gasteiger partial charge is 0.262 e. The fourth-order valence-electron chi connectivity index (χ4n) is 3.84. The van der Waals surface area contributed by atoms with Crippen molar-refractivity contribution in [1.82, 2.24) is 0 Å². The van der Waals surface area contributed by atoms with Crippen LogP contribution in [0.2, 0.25) is 0 Å². The van der Waals surface area contributed by atoms with Crippen molar-refractivity contribution < 1.29 is 22.7 Å². The number of benzene rings is 3. The molecule has 1 N–H and O–H groups in total. The number of sulfonamides is 1. The van der Waals surface area contributed by atoms with E-state index >= 15 is 0 Å². The molecule has 0 fully saturated rings. The van der Waals surface area contributed by atoms with Gasteiger partial charge in [0.25, 0.3) is 15.9 Å². The molecule has 8 heteroatoms. The number of nitrogens with one attached hydrogen (secondary N) is 1. The highest BCUT2D eigenvalue weighted by Crippen LogP contribution is 2.41. The van der Waals surface area contributed by atoms with E-state index in [1.807, 2.05) is 13.0 Å². The summed E-state index contributed by atoms with van der Waals surface area (Å²) in [6.07, 6.45) is 0. The Morgan fingerprint density at radius 3 is 2.62 bits per heavy atom. The molecular formula is C21H18N2O5S. The van der Waals surface area contributed by atoms with Crippen LogP contribution in [-0.2, 0) is 10.0 Å². The third-order valence-corrected chi connectivity index (χ3v) is 6.53. The zero-order chi connectivity index (χ0) is 20.2. The normalized spacial score (nSPS) is 15.1. The van der Waals surface area contributed by atoms with Gasteiger partial charge in [0.1, 0.15) is 13.2 Å². The van der Waals surface area contributed by atoms with E-state index in [0.29, 0.717) is 47.9 Å². The molecule has 2 aliphatic rings. The van der Waals surface area contributed by atoms with E-state index < -0.39 is 10.0 Å². The van der Waals surface area contributed by atoms with E-state index in [1.54, 1.807) is 35.2 Å². The first-order valence-corrected chi connectivity index (χ1v) is 10.8. The van der Waals surface area contributed by atoms with Crippen molar-refractivity contribution in [2.24, 2.45) is 0 Å². The zero-order valence-electron chi connectivity index (χ0n) is 15.6. The van der Waals surface area contributed by atoms with Crippen LogP contribution in [0.15, 0.2) is 53.4 Å². The van der Waals surface area contributed by atoms with Crippen LogP contribution in [0.1, 0.15) is 17.3 Å². The topological polar surface area (TPSA) is 84.9 Å². The van der Waals surface area contributed by atoms with Crippen molar-refractivity contribution in [3.8, 4) is 11.5 Å². The van der Waals surface area contributed by atoms with E-state index in [4.69, 9.17) is 9.47 Å². The Hall–Kier alpha value is -3.26. The standard InChI is InChI=1S/C21H18N2O5S/c1-2-23-17-8-7-16(14-4-3-5-15(20(14)17)21(23)24)22-29(25,26)13-6-9-18-19(12-13)28-11-10-27-18/h3-9,12,22H,2,10-11H2,1H3. The molecule has 0 saturated heterocycles.